The summed E-state index contributed by atoms with van der Waals surface area (Å²) in [4.78, 5) is 32.8. The van der Waals surface area contributed by atoms with Crippen LogP contribution in [0.25, 0.3) is 16.4 Å². The molecule has 29 heavy (non-hydrogen) atoms. The van der Waals surface area contributed by atoms with Gasteiger partial charge in [0.05, 0.1) is 5.52 Å². The van der Waals surface area contributed by atoms with Crippen LogP contribution < -0.4 is 10.6 Å². The Morgan fingerprint density at radius 2 is 1.83 bits per heavy atom. The number of H-pyrrole nitrogens is 1. The number of benzene rings is 1. The van der Waals surface area contributed by atoms with E-state index in [4.69, 9.17) is 0 Å². The summed E-state index contributed by atoms with van der Waals surface area (Å²) in [7, 11) is 0. The number of para-hydroxylation sites is 1. The molecule has 0 bridgehead atoms. The van der Waals surface area contributed by atoms with Gasteiger partial charge < -0.3 is 15.6 Å². The molecule has 3 N–H and O–H groups in total. The quantitative estimate of drug-likeness (QED) is 0.454. The zero-order chi connectivity index (χ0) is 20.2. The van der Waals surface area contributed by atoms with Crippen molar-refractivity contribution in [1.82, 2.24) is 25.0 Å². The molecular formula is C22H23N5O2. The van der Waals surface area contributed by atoms with Crippen LogP contribution in [0.5, 0.6) is 0 Å². The average molecular weight is 389 g/mol. The fraction of sp³-hybridized carbons (Fsp3) is 0.227. The van der Waals surface area contributed by atoms with Gasteiger partial charge in [-0.2, -0.15) is 0 Å². The van der Waals surface area contributed by atoms with Crippen molar-refractivity contribution in [3.63, 3.8) is 0 Å². The first-order chi connectivity index (χ1) is 14.2. The highest BCUT2D eigenvalue weighted by Gasteiger charge is 2.21. The fourth-order valence-electron chi connectivity index (χ4n) is 3.42. The van der Waals surface area contributed by atoms with Crippen molar-refractivity contribution in [2.24, 2.45) is 0 Å². The summed E-state index contributed by atoms with van der Waals surface area (Å²) in [6, 6.07) is 13.5. The highest BCUT2D eigenvalue weighted by Crippen LogP contribution is 2.18. The largest absolute Gasteiger partial charge is 0.361 e. The lowest BCUT2D eigenvalue weighted by atomic mass is 10.1. The normalized spacial score (nSPS) is 11.1. The van der Waals surface area contributed by atoms with Gasteiger partial charge in [0.15, 0.2) is 5.69 Å². The lowest BCUT2D eigenvalue weighted by molar-refractivity contribution is 0.0942. The third-order valence-corrected chi connectivity index (χ3v) is 4.86. The predicted octanol–water partition coefficient (Wildman–Crippen LogP) is 2.93. The minimum absolute atomic E-state index is 0.218. The first-order valence-electron chi connectivity index (χ1n) is 9.77. The van der Waals surface area contributed by atoms with E-state index in [0.717, 1.165) is 22.9 Å². The Kier molecular flexibility index (Phi) is 5.29. The molecule has 3 heterocycles. The smallest absolute Gasteiger partial charge is 0.287 e. The highest BCUT2D eigenvalue weighted by molar-refractivity contribution is 6.02. The molecule has 0 unspecified atom stereocenters. The maximum absolute atomic E-state index is 12.8. The molecule has 0 radical (unpaired) electrons. The van der Waals surface area contributed by atoms with Crippen LogP contribution in [0.15, 0.2) is 54.9 Å². The summed E-state index contributed by atoms with van der Waals surface area (Å²) >= 11 is 0. The van der Waals surface area contributed by atoms with Crippen LogP contribution in [0.1, 0.15) is 40.0 Å². The van der Waals surface area contributed by atoms with Crippen molar-refractivity contribution in [3.05, 3.63) is 71.9 Å². The topological polar surface area (TPSA) is 91.3 Å². The first-order valence-corrected chi connectivity index (χ1v) is 9.77. The van der Waals surface area contributed by atoms with E-state index < -0.39 is 0 Å². The Balaban J connectivity index is 1.50. The highest BCUT2D eigenvalue weighted by atomic mass is 16.2. The molecule has 148 valence electrons. The third-order valence-electron chi connectivity index (χ3n) is 4.86. The van der Waals surface area contributed by atoms with Gasteiger partial charge in [-0.05, 0) is 36.6 Å². The summed E-state index contributed by atoms with van der Waals surface area (Å²) in [5.41, 5.74) is 3.09. The summed E-state index contributed by atoms with van der Waals surface area (Å²) in [6.07, 6.45) is 5.24. The van der Waals surface area contributed by atoms with E-state index in [-0.39, 0.29) is 23.3 Å². The lowest BCUT2D eigenvalue weighted by Gasteiger charge is -2.03. The molecule has 3 aromatic heterocycles. The van der Waals surface area contributed by atoms with Crippen LogP contribution in [0.3, 0.4) is 0 Å². The molecule has 7 heteroatoms. The number of fused-ring (bicyclic) bond motifs is 2. The molecule has 0 spiro atoms. The number of nitrogens with one attached hydrogen (secondary N) is 3. The van der Waals surface area contributed by atoms with Crippen LogP contribution in [0.4, 0.5) is 0 Å². The van der Waals surface area contributed by atoms with E-state index in [9.17, 15) is 9.59 Å². The van der Waals surface area contributed by atoms with Crippen molar-refractivity contribution in [2.45, 2.75) is 19.8 Å². The van der Waals surface area contributed by atoms with Crippen LogP contribution in [0, 0.1) is 0 Å². The minimum atomic E-state index is -0.289. The maximum Gasteiger partial charge on any atom is 0.287 e. The Hall–Kier alpha value is -3.61. The van der Waals surface area contributed by atoms with E-state index in [1.165, 1.54) is 0 Å². The molecule has 0 aliphatic rings. The molecule has 1 aromatic carbocycles. The Morgan fingerprint density at radius 3 is 2.69 bits per heavy atom. The number of aromatic amines is 1. The molecule has 0 aliphatic heterocycles. The first kappa shape index (κ1) is 18.7. The zero-order valence-electron chi connectivity index (χ0n) is 16.2. The number of aromatic nitrogens is 3. The molecule has 7 nitrogen and oxygen atoms in total. The average Bonchev–Trinajstić information content (AvgIpc) is 3.34. The Morgan fingerprint density at radius 1 is 1.03 bits per heavy atom. The van der Waals surface area contributed by atoms with Gasteiger partial charge in [0.1, 0.15) is 0 Å². The monoisotopic (exact) mass is 389 g/mol. The number of amides is 2. The molecule has 4 aromatic rings. The zero-order valence-corrected chi connectivity index (χ0v) is 16.2. The van der Waals surface area contributed by atoms with Crippen LogP contribution in [0.2, 0.25) is 0 Å². The number of hydrogen-bond donors (Lipinski definition) is 3. The van der Waals surface area contributed by atoms with Gasteiger partial charge in [0.25, 0.3) is 11.8 Å². The maximum atomic E-state index is 12.8. The second-order valence-corrected chi connectivity index (χ2v) is 6.86. The van der Waals surface area contributed by atoms with Crippen molar-refractivity contribution in [1.29, 1.82) is 0 Å². The summed E-state index contributed by atoms with van der Waals surface area (Å²) in [5, 5.41) is 6.90. The molecular weight excluding hydrogens is 366 g/mol. The van der Waals surface area contributed by atoms with Gasteiger partial charge in [-0.25, -0.2) is 4.98 Å². The van der Waals surface area contributed by atoms with Crippen molar-refractivity contribution in [2.75, 3.05) is 13.1 Å². The van der Waals surface area contributed by atoms with E-state index in [0.29, 0.717) is 25.0 Å². The fourth-order valence-corrected chi connectivity index (χ4v) is 3.42. The van der Waals surface area contributed by atoms with Gasteiger partial charge in [0, 0.05) is 36.4 Å². The van der Waals surface area contributed by atoms with E-state index in [1.807, 2.05) is 43.5 Å². The molecule has 0 fully saturated rings. The predicted molar refractivity (Wildman–Crippen MR) is 112 cm³/mol. The number of carbonyl (C=O) groups excluding carboxylic acids is 2. The Labute approximate surface area is 168 Å². The molecule has 2 amide bonds. The van der Waals surface area contributed by atoms with Gasteiger partial charge >= 0.3 is 0 Å². The van der Waals surface area contributed by atoms with Crippen molar-refractivity contribution >= 4 is 28.2 Å². The minimum Gasteiger partial charge on any atom is -0.361 e. The SMILES string of the molecule is CCCNC(=O)c1nc(C(=O)NCCc2c[nH]c3ccccc23)c2ccccn12. The number of carbonyl (C=O) groups is 2. The molecule has 0 saturated heterocycles. The number of nitrogens with zero attached hydrogens (tertiary/aromatic N) is 2. The second-order valence-electron chi connectivity index (χ2n) is 6.86. The number of pyridine rings is 1. The third kappa shape index (κ3) is 3.71. The lowest BCUT2D eigenvalue weighted by Crippen LogP contribution is -2.27. The van der Waals surface area contributed by atoms with Crippen molar-refractivity contribution < 1.29 is 9.59 Å². The summed E-state index contributed by atoms with van der Waals surface area (Å²) in [5.74, 6) is -0.357. The van der Waals surface area contributed by atoms with Gasteiger partial charge in [-0.1, -0.05) is 31.2 Å². The second kappa shape index (κ2) is 8.18. The van der Waals surface area contributed by atoms with Crippen molar-refractivity contribution in [3.8, 4) is 0 Å². The summed E-state index contributed by atoms with van der Waals surface area (Å²) < 4.78 is 1.65. The van der Waals surface area contributed by atoms with Crippen LogP contribution >= 0.6 is 0 Å². The number of hydrogen-bond acceptors (Lipinski definition) is 3. The Bertz CT molecular complexity index is 1170. The molecule has 4 rings (SSSR count). The molecule has 0 saturated carbocycles. The molecule has 0 atom stereocenters. The van der Waals surface area contributed by atoms with E-state index >= 15 is 0 Å². The number of imidazole rings is 1. The van der Waals surface area contributed by atoms with Gasteiger partial charge in [-0.3, -0.25) is 14.0 Å². The van der Waals surface area contributed by atoms with Gasteiger partial charge in [-0.15, -0.1) is 0 Å². The summed E-state index contributed by atoms with van der Waals surface area (Å²) in [6.45, 7) is 3.02. The van der Waals surface area contributed by atoms with Gasteiger partial charge in [0.2, 0.25) is 5.82 Å². The van der Waals surface area contributed by atoms with E-state index in [1.54, 1.807) is 16.7 Å². The standard InChI is InChI=1S/C22H23N5O2/c1-2-11-23-22(29)20-26-19(18-9-5-6-13-27(18)20)21(28)24-12-10-15-14-25-17-8-4-3-7-16(15)17/h3-9,13-14,25H,2,10-12H2,1H3,(H,23,29)(H,24,28). The van der Waals surface area contributed by atoms with Crippen LogP contribution in [-0.4, -0.2) is 39.3 Å². The van der Waals surface area contributed by atoms with Crippen LogP contribution in [-0.2, 0) is 6.42 Å². The number of rotatable bonds is 7. The molecule has 0 aliphatic carbocycles. The van der Waals surface area contributed by atoms with E-state index in [2.05, 4.69) is 26.7 Å².